The number of carbonyl (C=O) groups excluding carboxylic acids is 4. The number of rotatable bonds is 12. The molecule has 1 N–H and O–H groups in total. The predicted molar refractivity (Wildman–Crippen MR) is 163 cm³/mol. The molecule has 2 unspecified atom stereocenters. The van der Waals surface area contributed by atoms with E-state index in [1.165, 1.54) is 14.2 Å². The number of aryl methyl sites for hydroxylation is 1. The second-order valence-corrected chi connectivity index (χ2v) is 11.6. The second kappa shape index (κ2) is 13.9. The van der Waals surface area contributed by atoms with Gasteiger partial charge in [-0.1, -0.05) is 54.2 Å². The van der Waals surface area contributed by atoms with Crippen molar-refractivity contribution >= 4 is 34.7 Å². The summed E-state index contributed by atoms with van der Waals surface area (Å²) in [5.74, 6) is 0.499. The highest BCUT2D eigenvalue weighted by molar-refractivity contribution is 8.15. The summed E-state index contributed by atoms with van der Waals surface area (Å²) >= 11 is 0.997. The minimum Gasteiger partial charge on any atom is -0.493 e. The molecular weight excluding hydrogens is 586 g/mol. The molecule has 2 atom stereocenters. The number of thioether (sulfide) groups is 1. The van der Waals surface area contributed by atoms with Gasteiger partial charge in [-0.25, -0.2) is 0 Å². The highest BCUT2D eigenvalue weighted by atomic mass is 32.2. The second-order valence-electron chi connectivity index (χ2n) is 10.4. The third-order valence-electron chi connectivity index (χ3n) is 7.44. The van der Waals surface area contributed by atoms with Gasteiger partial charge in [0.25, 0.3) is 5.24 Å². The van der Waals surface area contributed by atoms with Gasteiger partial charge < -0.3 is 23.7 Å². The summed E-state index contributed by atoms with van der Waals surface area (Å²) in [7, 11) is 2.88. The maximum Gasteiger partial charge on any atom is 0.311 e. The number of carbonyl (C=O) groups is 4. The molecule has 10 nitrogen and oxygen atoms in total. The number of fused-ring (bicyclic) bond motifs is 1. The fraction of sp³-hybridized carbons (Fsp3) is 0.333. The van der Waals surface area contributed by atoms with E-state index >= 15 is 0 Å². The molecule has 44 heavy (non-hydrogen) atoms. The average Bonchev–Trinajstić information content (AvgIpc) is 3.34. The average molecular weight is 620 g/mol. The van der Waals surface area contributed by atoms with E-state index in [-0.39, 0.29) is 59.4 Å². The normalized spacial score (nSPS) is 17.4. The van der Waals surface area contributed by atoms with Crippen molar-refractivity contribution in [2.75, 3.05) is 20.8 Å². The molecule has 3 aromatic carbocycles. The Bertz CT molecular complexity index is 1560. The first-order valence-corrected chi connectivity index (χ1v) is 15.1. The number of Topliss-reactive ketones (excluding diaryl/α,β-unsaturated/α-hetero) is 1. The molecule has 0 radical (unpaired) electrons. The van der Waals surface area contributed by atoms with Gasteiger partial charge in [0.15, 0.2) is 17.3 Å². The minimum atomic E-state index is -0.470. The number of amides is 2. The summed E-state index contributed by atoms with van der Waals surface area (Å²) in [4.78, 5) is 49.4. The van der Waals surface area contributed by atoms with Crippen molar-refractivity contribution in [1.29, 1.82) is 0 Å². The van der Waals surface area contributed by atoms with E-state index in [4.69, 9.17) is 23.7 Å². The number of nitrogens with one attached hydrogen (secondary N) is 1. The molecule has 0 bridgehead atoms. The first-order chi connectivity index (χ1) is 21.3. The summed E-state index contributed by atoms with van der Waals surface area (Å²) in [5, 5.41) is 1.54. The third kappa shape index (κ3) is 6.99. The Morgan fingerprint density at radius 3 is 2.34 bits per heavy atom. The molecule has 2 heterocycles. The molecule has 2 aliphatic heterocycles. The van der Waals surface area contributed by atoms with Crippen LogP contribution in [0.2, 0.25) is 0 Å². The molecule has 1 saturated heterocycles. The number of ketones is 1. The van der Waals surface area contributed by atoms with Gasteiger partial charge in [-0.05, 0) is 43.0 Å². The minimum absolute atomic E-state index is 0.118. The van der Waals surface area contributed by atoms with Gasteiger partial charge in [-0.15, -0.1) is 0 Å². The monoisotopic (exact) mass is 619 g/mol. The molecule has 0 spiro atoms. The molecule has 1 fully saturated rings. The van der Waals surface area contributed by atoms with Crippen LogP contribution >= 0.6 is 11.8 Å². The fourth-order valence-corrected chi connectivity index (χ4v) is 6.08. The van der Waals surface area contributed by atoms with Gasteiger partial charge >= 0.3 is 5.97 Å². The van der Waals surface area contributed by atoms with Crippen LogP contribution in [0.15, 0.2) is 54.6 Å². The van der Waals surface area contributed by atoms with Gasteiger partial charge in [0.05, 0.1) is 31.6 Å². The van der Waals surface area contributed by atoms with Crippen LogP contribution in [0.1, 0.15) is 46.3 Å². The van der Waals surface area contributed by atoms with E-state index in [0.29, 0.717) is 36.1 Å². The first-order valence-electron chi connectivity index (χ1n) is 14.2. The Morgan fingerprint density at radius 1 is 0.955 bits per heavy atom. The van der Waals surface area contributed by atoms with E-state index in [1.807, 2.05) is 42.5 Å². The summed E-state index contributed by atoms with van der Waals surface area (Å²) in [6.07, 6.45) is 1.18. The molecule has 0 aromatic heterocycles. The molecule has 230 valence electrons. The smallest absolute Gasteiger partial charge is 0.311 e. The van der Waals surface area contributed by atoms with Crippen molar-refractivity contribution < 1.29 is 42.9 Å². The van der Waals surface area contributed by atoms with Gasteiger partial charge in [0.2, 0.25) is 17.4 Å². The zero-order valence-corrected chi connectivity index (χ0v) is 25.5. The summed E-state index contributed by atoms with van der Waals surface area (Å²) in [6.45, 7) is 1.99. The molecule has 0 aliphatic carbocycles. The predicted octanol–water partition coefficient (Wildman–Crippen LogP) is 5.25. The molecule has 11 heteroatoms. The molecule has 0 saturated carbocycles. The molecular formula is C33H33NO9S. The van der Waals surface area contributed by atoms with Crippen LogP contribution in [0.4, 0.5) is 4.79 Å². The SMILES string of the molecule is COc1c(OC(=O)CCc2ccccc2)c(C)c2c(c1OC)OC(CCOc1ccc(CC3SC(=O)NC3=O)cc1)CC2=O. The van der Waals surface area contributed by atoms with Gasteiger partial charge in [0, 0.05) is 24.8 Å². The van der Waals surface area contributed by atoms with Crippen LogP contribution in [0.3, 0.4) is 0 Å². The van der Waals surface area contributed by atoms with E-state index < -0.39 is 17.3 Å². The highest BCUT2D eigenvalue weighted by Crippen LogP contribution is 2.52. The lowest BCUT2D eigenvalue weighted by atomic mass is 9.93. The highest BCUT2D eigenvalue weighted by Gasteiger charge is 2.36. The van der Waals surface area contributed by atoms with E-state index in [0.717, 1.165) is 22.9 Å². The molecule has 2 aliphatic rings. The Kier molecular flexibility index (Phi) is 9.74. The number of hydrogen-bond acceptors (Lipinski definition) is 10. The van der Waals surface area contributed by atoms with Gasteiger partial charge in [0.1, 0.15) is 11.9 Å². The Morgan fingerprint density at radius 2 is 1.68 bits per heavy atom. The number of hydrogen-bond donors (Lipinski definition) is 1. The number of methoxy groups -OCH3 is 2. The maximum absolute atomic E-state index is 13.4. The lowest BCUT2D eigenvalue weighted by Gasteiger charge is -2.29. The zero-order chi connectivity index (χ0) is 31.2. The van der Waals surface area contributed by atoms with E-state index in [2.05, 4.69) is 5.32 Å². The summed E-state index contributed by atoms with van der Waals surface area (Å²) in [5.41, 5.74) is 2.68. The van der Waals surface area contributed by atoms with Crippen molar-refractivity contribution in [3.8, 4) is 28.7 Å². The Labute approximate surface area is 259 Å². The van der Waals surface area contributed by atoms with Gasteiger partial charge in [-0.3, -0.25) is 24.5 Å². The molecule has 5 rings (SSSR count). The van der Waals surface area contributed by atoms with Crippen molar-refractivity contribution in [2.45, 2.75) is 50.4 Å². The quantitative estimate of drug-likeness (QED) is 0.212. The fourth-order valence-electron chi connectivity index (χ4n) is 5.22. The number of benzene rings is 3. The standard InChI is InChI=1S/C33H33NO9S/c1-19-27-24(35)18-23(15-16-41-22-12-9-21(10-13-22)17-25-32(37)34-33(38)44-25)42-29(27)31(40-3)30(39-2)28(19)43-26(36)14-11-20-7-5-4-6-8-20/h4-10,12-13,23,25H,11,14-18H2,1-3H3,(H,34,37,38). The van der Waals surface area contributed by atoms with Crippen LogP contribution in [0.25, 0.3) is 0 Å². The Balaban J connectivity index is 1.22. The zero-order valence-electron chi connectivity index (χ0n) is 24.7. The lowest BCUT2D eigenvalue weighted by Crippen LogP contribution is -2.30. The lowest BCUT2D eigenvalue weighted by molar-refractivity contribution is -0.134. The first kappa shape index (κ1) is 30.9. The molecule has 3 aromatic rings. The van der Waals surface area contributed by atoms with Crippen LogP contribution < -0.4 is 29.0 Å². The van der Waals surface area contributed by atoms with Gasteiger partial charge in [-0.2, -0.15) is 0 Å². The van der Waals surface area contributed by atoms with Crippen LogP contribution in [0, 0.1) is 6.92 Å². The largest absolute Gasteiger partial charge is 0.493 e. The number of ether oxygens (including phenoxy) is 5. The van der Waals surface area contributed by atoms with Crippen LogP contribution in [-0.2, 0) is 22.4 Å². The van der Waals surface area contributed by atoms with Crippen molar-refractivity contribution in [2.24, 2.45) is 0 Å². The topological polar surface area (TPSA) is 126 Å². The van der Waals surface area contributed by atoms with Crippen LogP contribution in [-0.4, -0.2) is 55.1 Å². The number of esters is 1. The summed E-state index contributed by atoms with van der Waals surface area (Å²) < 4.78 is 29.1. The number of imide groups is 1. The Hall–Kier alpha value is -4.51. The van der Waals surface area contributed by atoms with Crippen molar-refractivity contribution in [1.82, 2.24) is 5.32 Å². The van der Waals surface area contributed by atoms with Crippen LogP contribution in [0.5, 0.6) is 28.7 Å². The van der Waals surface area contributed by atoms with Crippen molar-refractivity contribution in [3.63, 3.8) is 0 Å². The third-order valence-corrected chi connectivity index (χ3v) is 8.42. The van der Waals surface area contributed by atoms with Crippen molar-refractivity contribution in [3.05, 3.63) is 76.9 Å². The van der Waals surface area contributed by atoms with E-state index in [9.17, 15) is 19.2 Å². The van der Waals surface area contributed by atoms with E-state index in [1.54, 1.807) is 19.1 Å². The summed E-state index contributed by atoms with van der Waals surface area (Å²) in [6, 6.07) is 16.9. The molecule has 2 amide bonds. The maximum atomic E-state index is 13.4.